The first-order chi connectivity index (χ1) is 12.5. The summed E-state index contributed by atoms with van der Waals surface area (Å²) in [5, 5.41) is 0. The Kier molecular flexibility index (Phi) is 4.20. The van der Waals surface area contributed by atoms with Crippen LogP contribution >= 0.6 is 0 Å². The van der Waals surface area contributed by atoms with E-state index in [2.05, 4.69) is 4.72 Å². The molecule has 7 heteroatoms. The molecule has 3 aromatic rings. The molecule has 1 heterocycles. The van der Waals surface area contributed by atoms with E-state index in [0.29, 0.717) is 12.1 Å². The highest BCUT2D eigenvalue weighted by Gasteiger charge is 2.26. The molecule has 0 aliphatic heterocycles. The number of oxazole rings is 1. The van der Waals surface area contributed by atoms with Crippen molar-refractivity contribution in [3.05, 3.63) is 64.1 Å². The molecular weight excluding hydrogens is 352 g/mol. The third-order valence-corrected chi connectivity index (χ3v) is 6.40. The number of nitrogens with zero attached hydrogens (tertiary/aromatic N) is 1. The first kappa shape index (κ1) is 17.1. The minimum absolute atomic E-state index is 0.102. The van der Waals surface area contributed by atoms with Crippen LogP contribution in [0.4, 0.5) is 0 Å². The van der Waals surface area contributed by atoms with Crippen molar-refractivity contribution < 1.29 is 12.8 Å². The van der Waals surface area contributed by atoms with Gasteiger partial charge in [0.2, 0.25) is 10.0 Å². The van der Waals surface area contributed by atoms with E-state index < -0.39 is 15.8 Å². The Hall–Kier alpha value is -2.38. The maximum Gasteiger partial charge on any atom is 0.419 e. The first-order valence-electron chi connectivity index (χ1n) is 8.73. The van der Waals surface area contributed by atoms with Crippen molar-refractivity contribution in [2.45, 2.75) is 43.7 Å². The van der Waals surface area contributed by atoms with Gasteiger partial charge in [0, 0.05) is 18.7 Å². The van der Waals surface area contributed by atoms with E-state index in [1.54, 1.807) is 6.07 Å². The second-order valence-corrected chi connectivity index (χ2v) is 8.22. The molecule has 6 nitrogen and oxygen atoms in total. The molecule has 0 saturated carbocycles. The summed E-state index contributed by atoms with van der Waals surface area (Å²) in [6.07, 6.45) is 2.67. The zero-order valence-electron chi connectivity index (χ0n) is 14.4. The number of aromatic nitrogens is 1. The van der Waals surface area contributed by atoms with Crippen LogP contribution in [0.15, 0.2) is 56.6 Å². The van der Waals surface area contributed by atoms with Crippen molar-refractivity contribution in [3.63, 3.8) is 0 Å². The largest absolute Gasteiger partial charge is 0.419 e. The number of nitrogens with one attached hydrogen (secondary N) is 1. The number of sulfonamides is 1. The fourth-order valence-corrected chi connectivity index (χ4v) is 4.91. The Bertz CT molecular complexity index is 1130. The van der Waals surface area contributed by atoms with E-state index in [9.17, 15) is 13.2 Å². The quantitative estimate of drug-likeness (QED) is 0.763. The predicted octanol–water partition coefficient (Wildman–Crippen LogP) is 2.97. The minimum atomic E-state index is -3.73. The number of hydrogen-bond donors (Lipinski definition) is 1. The molecule has 0 bridgehead atoms. The smallest absolute Gasteiger partial charge is 0.408 e. The molecule has 1 N–H and O–H groups in total. The van der Waals surface area contributed by atoms with Crippen molar-refractivity contribution in [2.24, 2.45) is 0 Å². The molecule has 1 atom stereocenters. The summed E-state index contributed by atoms with van der Waals surface area (Å²) < 4.78 is 35.2. The predicted molar refractivity (Wildman–Crippen MR) is 98.6 cm³/mol. The summed E-state index contributed by atoms with van der Waals surface area (Å²) in [4.78, 5) is 11.9. The van der Waals surface area contributed by atoms with Gasteiger partial charge in [0.25, 0.3) is 0 Å². The van der Waals surface area contributed by atoms with Crippen LogP contribution < -0.4 is 10.5 Å². The van der Waals surface area contributed by atoms with Gasteiger partial charge in [-0.3, -0.25) is 4.57 Å². The van der Waals surface area contributed by atoms with E-state index in [1.165, 1.54) is 22.3 Å². The Labute approximate surface area is 151 Å². The van der Waals surface area contributed by atoms with E-state index in [4.69, 9.17) is 4.42 Å². The molecule has 1 aromatic heterocycles. The summed E-state index contributed by atoms with van der Waals surface area (Å²) in [6, 6.07) is 12.2. The molecule has 0 fully saturated rings. The van der Waals surface area contributed by atoms with Gasteiger partial charge in [-0.1, -0.05) is 24.3 Å². The van der Waals surface area contributed by atoms with Crippen LogP contribution in [-0.2, 0) is 23.0 Å². The van der Waals surface area contributed by atoms with Crippen LogP contribution in [0.5, 0.6) is 0 Å². The normalized spacial score (nSPS) is 17.3. The van der Waals surface area contributed by atoms with Gasteiger partial charge >= 0.3 is 5.76 Å². The number of benzene rings is 2. The Morgan fingerprint density at radius 1 is 1.23 bits per heavy atom. The van der Waals surface area contributed by atoms with Gasteiger partial charge in [-0.25, -0.2) is 17.9 Å². The first-order valence-corrected chi connectivity index (χ1v) is 10.2. The molecule has 0 amide bonds. The van der Waals surface area contributed by atoms with Crippen molar-refractivity contribution in [1.29, 1.82) is 0 Å². The van der Waals surface area contributed by atoms with Crippen molar-refractivity contribution in [2.75, 3.05) is 0 Å². The van der Waals surface area contributed by atoms with Gasteiger partial charge in [0.05, 0.1) is 10.4 Å². The van der Waals surface area contributed by atoms with E-state index in [-0.39, 0.29) is 16.5 Å². The SMILES string of the molecule is CCn1c(=O)oc2cc(S(=O)(=O)N[C@H]3CCCc4ccccc43)ccc21. The van der Waals surface area contributed by atoms with E-state index >= 15 is 0 Å². The summed E-state index contributed by atoms with van der Waals surface area (Å²) in [5.74, 6) is -0.480. The van der Waals surface area contributed by atoms with Crippen LogP contribution in [0.2, 0.25) is 0 Å². The lowest BCUT2D eigenvalue weighted by atomic mass is 9.88. The highest BCUT2D eigenvalue weighted by Crippen LogP contribution is 2.31. The van der Waals surface area contributed by atoms with Gasteiger partial charge in [-0.2, -0.15) is 0 Å². The fraction of sp³-hybridized carbons (Fsp3) is 0.316. The molecule has 1 aliphatic rings. The van der Waals surface area contributed by atoms with Crippen LogP contribution in [0.1, 0.15) is 36.9 Å². The zero-order valence-corrected chi connectivity index (χ0v) is 15.3. The third kappa shape index (κ3) is 2.87. The monoisotopic (exact) mass is 372 g/mol. The van der Waals surface area contributed by atoms with Gasteiger partial charge in [0.1, 0.15) is 0 Å². The molecule has 0 unspecified atom stereocenters. The second kappa shape index (κ2) is 6.41. The van der Waals surface area contributed by atoms with Crippen LogP contribution in [0.25, 0.3) is 11.1 Å². The Balaban J connectivity index is 1.69. The molecule has 0 saturated heterocycles. The maximum atomic E-state index is 12.9. The highest BCUT2D eigenvalue weighted by molar-refractivity contribution is 7.89. The molecule has 2 aromatic carbocycles. The number of fused-ring (bicyclic) bond motifs is 2. The molecule has 0 spiro atoms. The fourth-order valence-electron chi connectivity index (χ4n) is 3.64. The molecule has 26 heavy (non-hydrogen) atoms. The topological polar surface area (TPSA) is 81.3 Å². The summed E-state index contributed by atoms with van der Waals surface area (Å²) in [6.45, 7) is 2.30. The molecular formula is C19H20N2O4S. The molecule has 136 valence electrons. The third-order valence-electron chi connectivity index (χ3n) is 4.93. The second-order valence-electron chi connectivity index (χ2n) is 6.51. The molecule has 4 rings (SSSR count). The van der Waals surface area contributed by atoms with E-state index in [1.807, 2.05) is 31.2 Å². The average molecular weight is 372 g/mol. The van der Waals surface area contributed by atoms with Gasteiger partial charge in [0.15, 0.2) is 5.58 Å². The summed E-state index contributed by atoms with van der Waals surface area (Å²) in [7, 11) is -3.73. The average Bonchev–Trinajstić information content (AvgIpc) is 2.96. The van der Waals surface area contributed by atoms with Crippen LogP contribution in [0.3, 0.4) is 0 Å². The number of hydrogen-bond acceptors (Lipinski definition) is 4. The van der Waals surface area contributed by atoms with Crippen LogP contribution in [0, 0.1) is 0 Å². The van der Waals surface area contributed by atoms with E-state index in [0.717, 1.165) is 24.8 Å². The minimum Gasteiger partial charge on any atom is -0.408 e. The summed E-state index contributed by atoms with van der Waals surface area (Å²) >= 11 is 0. The molecule has 1 aliphatic carbocycles. The number of aryl methyl sites for hydroxylation is 2. The van der Waals surface area contributed by atoms with Crippen molar-refractivity contribution in [3.8, 4) is 0 Å². The lowest BCUT2D eigenvalue weighted by Gasteiger charge is -2.26. The van der Waals surface area contributed by atoms with Gasteiger partial charge in [-0.05, 0) is 49.4 Å². The zero-order chi connectivity index (χ0) is 18.3. The lowest BCUT2D eigenvalue weighted by Crippen LogP contribution is -2.31. The summed E-state index contributed by atoms with van der Waals surface area (Å²) in [5.41, 5.74) is 3.10. The Morgan fingerprint density at radius 3 is 2.85 bits per heavy atom. The van der Waals surface area contributed by atoms with Crippen LogP contribution in [-0.4, -0.2) is 13.0 Å². The van der Waals surface area contributed by atoms with Gasteiger partial charge in [-0.15, -0.1) is 0 Å². The lowest BCUT2D eigenvalue weighted by molar-refractivity contribution is 0.505. The Morgan fingerprint density at radius 2 is 2.04 bits per heavy atom. The maximum absolute atomic E-state index is 12.9. The van der Waals surface area contributed by atoms with Gasteiger partial charge < -0.3 is 4.42 Å². The highest BCUT2D eigenvalue weighted by atomic mass is 32.2. The van der Waals surface area contributed by atoms with Crippen molar-refractivity contribution >= 4 is 21.1 Å². The standard InChI is InChI=1S/C19H20N2O4S/c1-2-21-17-11-10-14(12-18(17)25-19(21)22)26(23,24)20-16-9-5-7-13-6-3-4-8-15(13)16/h3-4,6,8,10-12,16,20H,2,5,7,9H2,1H3/t16-/m0/s1. The van der Waals surface area contributed by atoms with Crippen molar-refractivity contribution in [1.82, 2.24) is 9.29 Å². The number of rotatable bonds is 4. The molecule has 0 radical (unpaired) electrons.